The van der Waals surface area contributed by atoms with Crippen LogP contribution < -0.4 is 4.90 Å². The fraction of sp³-hybridized carbons (Fsp3) is 0.600. The molecule has 4 heteroatoms. The molecule has 0 aromatic heterocycles. The van der Waals surface area contributed by atoms with E-state index in [0.717, 1.165) is 23.0 Å². The number of anilines is 1. The van der Waals surface area contributed by atoms with Crippen LogP contribution in [0.2, 0.25) is 0 Å². The zero-order chi connectivity index (χ0) is 13.8. The third kappa shape index (κ3) is 3.50. The summed E-state index contributed by atoms with van der Waals surface area (Å²) < 4.78 is 1.02. The highest BCUT2D eigenvalue weighted by molar-refractivity contribution is 9.10. The van der Waals surface area contributed by atoms with Crippen LogP contribution in [-0.2, 0) is 0 Å². The largest absolute Gasteiger partial charge is 0.396 e. The van der Waals surface area contributed by atoms with Crippen LogP contribution in [0.25, 0.3) is 0 Å². The summed E-state index contributed by atoms with van der Waals surface area (Å²) in [7, 11) is 0. The van der Waals surface area contributed by atoms with Crippen molar-refractivity contribution in [1.29, 1.82) is 0 Å². The quantitative estimate of drug-likeness (QED) is 0.842. The number of hydrogen-bond donors (Lipinski definition) is 2. The van der Waals surface area contributed by atoms with Crippen LogP contribution in [0.5, 0.6) is 0 Å². The van der Waals surface area contributed by atoms with E-state index in [0.29, 0.717) is 6.04 Å². The lowest BCUT2D eigenvalue weighted by Gasteiger charge is -2.40. The maximum atomic E-state index is 9.62. The van der Waals surface area contributed by atoms with Gasteiger partial charge in [-0.1, -0.05) is 6.07 Å². The predicted molar refractivity (Wildman–Crippen MR) is 81.5 cm³/mol. The summed E-state index contributed by atoms with van der Waals surface area (Å²) in [6.45, 7) is 2.89. The van der Waals surface area contributed by atoms with Gasteiger partial charge in [0.1, 0.15) is 0 Å². The van der Waals surface area contributed by atoms with E-state index in [1.165, 1.54) is 24.9 Å². The van der Waals surface area contributed by atoms with Crippen LogP contribution in [0.3, 0.4) is 0 Å². The first kappa shape index (κ1) is 14.8. The highest BCUT2D eigenvalue weighted by Gasteiger charge is 2.26. The van der Waals surface area contributed by atoms with Crippen molar-refractivity contribution in [3.05, 3.63) is 28.2 Å². The Balaban J connectivity index is 2.20. The van der Waals surface area contributed by atoms with E-state index in [1.807, 2.05) is 12.1 Å². The summed E-state index contributed by atoms with van der Waals surface area (Å²) in [5.41, 5.74) is 2.09. The second-order valence-electron chi connectivity index (χ2n) is 5.24. The molecular formula is C15H22BrNO2. The first-order chi connectivity index (χ1) is 9.13. The summed E-state index contributed by atoms with van der Waals surface area (Å²) >= 11 is 3.61. The van der Waals surface area contributed by atoms with Gasteiger partial charge in [0.25, 0.3) is 0 Å². The molecule has 0 radical (unpaired) electrons. The second-order valence-corrected chi connectivity index (χ2v) is 6.10. The van der Waals surface area contributed by atoms with Gasteiger partial charge in [-0.15, -0.1) is 0 Å². The van der Waals surface area contributed by atoms with Crippen molar-refractivity contribution in [2.24, 2.45) is 0 Å². The Morgan fingerprint density at radius 1 is 1.42 bits per heavy atom. The molecule has 2 rings (SSSR count). The Labute approximate surface area is 123 Å². The number of aliphatic hydroxyl groups is 2. The lowest BCUT2D eigenvalue weighted by Crippen LogP contribution is -2.41. The Morgan fingerprint density at radius 2 is 2.16 bits per heavy atom. The number of aliphatic hydroxyl groups excluding tert-OH is 2. The third-order valence-electron chi connectivity index (χ3n) is 3.84. The molecule has 0 heterocycles. The van der Waals surface area contributed by atoms with E-state index in [1.54, 1.807) is 6.92 Å². The van der Waals surface area contributed by atoms with Gasteiger partial charge in [0.05, 0.1) is 11.8 Å². The molecular weight excluding hydrogens is 306 g/mol. The fourth-order valence-corrected chi connectivity index (χ4v) is 3.08. The molecule has 1 aliphatic rings. The number of halogens is 1. The fourth-order valence-electron chi connectivity index (χ4n) is 2.46. The summed E-state index contributed by atoms with van der Waals surface area (Å²) in [6.07, 6.45) is 4.11. The van der Waals surface area contributed by atoms with E-state index in [9.17, 15) is 5.11 Å². The van der Waals surface area contributed by atoms with E-state index >= 15 is 0 Å². The van der Waals surface area contributed by atoms with Crippen LogP contribution in [0.4, 0.5) is 5.69 Å². The van der Waals surface area contributed by atoms with Gasteiger partial charge >= 0.3 is 0 Å². The summed E-state index contributed by atoms with van der Waals surface area (Å²) in [5.74, 6) is 0. The van der Waals surface area contributed by atoms with Gasteiger partial charge in [-0.25, -0.2) is 0 Å². The predicted octanol–water partition coefficient (Wildman–Crippen LogP) is 3.24. The molecule has 0 saturated heterocycles. The first-order valence-electron chi connectivity index (χ1n) is 6.98. The lowest BCUT2D eigenvalue weighted by atomic mass is 9.90. The molecule has 0 bridgehead atoms. The molecule has 0 spiro atoms. The molecule has 106 valence electrons. The van der Waals surface area contributed by atoms with Crippen molar-refractivity contribution in [3.63, 3.8) is 0 Å². The van der Waals surface area contributed by atoms with Gasteiger partial charge in [-0.2, -0.15) is 0 Å². The van der Waals surface area contributed by atoms with Gasteiger partial charge in [0.2, 0.25) is 0 Å². The second kappa shape index (κ2) is 6.73. The highest BCUT2D eigenvalue weighted by atomic mass is 79.9. The smallest absolute Gasteiger partial charge is 0.0762 e. The maximum absolute atomic E-state index is 9.62. The van der Waals surface area contributed by atoms with Gasteiger partial charge in [0, 0.05) is 23.7 Å². The van der Waals surface area contributed by atoms with E-state index in [4.69, 9.17) is 5.11 Å². The van der Waals surface area contributed by atoms with Crippen LogP contribution in [0.1, 0.15) is 44.3 Å². The number of rotatable bonds is 6. The maximum Gasteiger partial charge on any atom is 0.0762 e. The van der Waals surface area contributed by atoms with Crippen LogP contribution in [0, 0.1) is 0 Å². The Morgan fingerprint density at radius 3 is 2.63 bits per heavy atom. The van der Waals surface area contributed by atoms with Crippen molar-refractivity contribution in [2.75, 3.05) is 18.1 Å². The lowest BCUT2D eigenvalue weighted by molar-refractivity contribution is 0.199. The minimum atomic E-state index is -0.444. The molecule has 2 N–H and O–H groups in total. The number of nitrogens with zero attached hydrogens (tertiary/aromatic N) is 1. The zero-order valence-corrected chi connectivity index (χ0v) is 12.9. The van der Waals surface area contributed by atoms with Crippen molar-refractivity contribution in [3.8, 4) is 0 Å². The van der Waals surface area contributed by atoms with Crippen LogP contribution in [-0.4, -0.2) is 29.4 Å². The van der Waals surface area contributed by atoms with E-state index in [2.05, 4.69) is 26.9 Å². The Kier molecular flexibility index (Phi) is 5.25. The monoisotopic (exact) mass is 327 g/mol. The Bertz CT molecular complexity index is 419. The van der Waals surface area contributed by atoms with Crippen LogP contribution >= 0.6 is 15.9 Å². The molecule has 0 unspecified atom stereocenters. The van der Waals surface area contributed by atoms with E-state index < -0.39 is 6.10 Å². The van der Waals surface area contributed by atoms with Crippen molar-refractivity contribution < 1.29 is 10.2 Å². The topological polar surface area (TPSA) is 43.7 Å². The van der Waals surface area contributed by atoms with Gasteiger partial charge in [-0.05, 0) is 66.2 Å². The van der Waals surface area contributed by atoms with Gasteiger partial charge in [-0.3, -0.25) is 0 Å². The molecule has 1 fully saturated rings. The standard InChI is InChI=1S/C15H22BrNO2/c1-11(19)12-6-7-15(14(16)10-12)17(8-3-9-18)13-4-2-5-13/h6-7,10-11,13,18-19H,2-5,8-9H2,1H3/t11-/m0/s1. The summed E-state index contributed by atoms with van der Waals surface area (Å²) in [4.78, 5) is 2.38. The van der Waals surface area contributed by atoms with Crippen LogP contribution in [0.15, 0.2) is 22.7 Å². The van der Waals surface area contributed by atoms with Gasteiger partial charge < -0.3 is 15.1 Å². The normalized spacial score (nSPS) is 17.1. The average molecular weight is 328 g/mol. The molecule has 1 aromatic rings. The number of hydrogen-bond acceptors (Lipinski definition) is 3. The number of benzene rings is 1. The third-order valence-corrected chi connectivity index (χ3v) is 4.47. The summed E-state index contributed by atoms with van der Waals surface area (Å²) in [5, 5.41) is 18.7. The molecule has 1 aromatic carbocycles. The molecule has 0 amide bonds. The molecule has 0 aliphatic heterocycles. The SMILES string of the molecule is C[C@H](O)c1ccc(N(CCCO)C2CCC2)c(Br)c1. The van der Waals surface area contributed by atoms with Gasteiger partial charge in [0.15, 0.2) is 0 Å². The first-order valence-corrected chi connectivity index (χ1v) is 7.77. The van der Waals surface area contributed by atoms with Crippen molar-refractivity contribution >= 4 is 21.6 Å². The zero-order valence-electron chi connectivity index (χ0n) is 11.3. The molecule has 19 heavy (non-hydrogen) atoms. The molecule has 1 atom stereocenters. The Hall–Kier alpha value is -0.580. The molecule has 3 nitrogen and oxygen atoms in total. The van der Waals surface area contributed by atoms with Crippen molar-refractivity contribution in [1.82, 2.24) is 0 Å². The molecule has 1 aliphatic carbocycles. The minimum absolute atomic E-state index is 0.229. The molecule has 1 saturated carbocycles. The highest BCUT2D eigenvalue weighted by Crippen LogP contribution is 2.35. The summed E-state index contributed by atoms with van der Waals surface area (Å²) in [6, 6.07) is 6.64. The van der Waals surface area contributed by atoms with E-state index in [-0.39, 0.29) is 6.61 Å². The van der Waals surface area contributed by atoms with Crippen molar-refractivity contribution in [2.45, 2.75) is 44.8 Å². The minimum Gasteiger partial charge on any atom is -0.396 e. The average Bonchev–Trinajstić information content (AvgIpc) is 2.32.